The number of amides is 1. The van der Waals surface area contributed by atoms with E-state index in [0.717, 1.165) is 35.6 Å². The van der Waals surface area contributed by atoms with Crippen LogP contribution in [0.25, 0.3) is 0 Å². The number of rotatable bonds is 8. The van der Waals surface area contributed by atoms with Gasteiger partial charge in [-0.15, -0.1) is 11.3 Å². The Morgan fingerprint density at radius 3 is 2.18 bits per heavy atom. The van der Waals surface area contributed by atoms with Gasteiger partial charge >= 0.3 is 0 Å². The molecule has 3 aromatic rings. The fourth-order valence-corrected chi connectivity index (χ4v) is 8.68. The molecule has 0 radical (unpaired) electrons. The first-order valence-corrected chi connectivity index (χ1v) is 15.3. The number of benzene rings is 2. The Hall–Kier alpha value is -2.57. The number of ether oxygens (including phenoxy) is 1. The summed E-state index contributed by atoms with van der Waals surface area (Å²) in [6.07, 6.45) is 11.9. The number of carbonyl (C=O) groups is 1. The minimum absolute atomic E-state index is 0.0319. The zero-order valence-electron chi connectivity index (χ0n) is 21.6. The first kappa shape index (κ1) is 24.5. The van der Waals surface area contributed by atoms with Crippen molar-refractivity contribution in [2.75, 3.05) is 5.32 Å². The van der Waals surface area contributed by atoms with Gasteiger partial charge in [-0.1, -0.05) is 11.6 Å². The van der Waals surface area contributed by atoms with Crippen molar-refractivity contribution in [1.29, 1.82) is 0 Å². The summed E-state index contributed by atoms with van der Waals surface area (Å²) in [4.78, 5) is 19.6. The van der Waals surface area contributed by atoms with E-state index >= 15 is 0 Å². The predicted octanol–water partition coefficient (Wildman–Crippen LogP) is 7.77. The molecule has 5 aliphatic rings. The summed E-state index contributed by atoms with van der Waals surface area (Å²) in [6, 6.07) is 15.3. The largest absolute Gasteiger partial charge is 0.457 e. The van der Waals surface area contributed by atoms with Crippen molar-refractivity contribution in [1.82, 2.24) is 4.57 Å². The van der Waals surface area contributed by atoms with E-state index < -0.39 is 0 Å². The summed E-state index contributed by atoms with van der Waals surface area (Å²) in [7, 11) is 0. The molecule has 0 atom stereocenters. The molecule has 38 heavy (non-hydrogen) atoms. The van der Waals surface area contributed by atoms with Crippen LogP contribution in [0.5, 0.6) is 11.5 Å². The van der Waals surface area contributed by atoms with Gasteiger partial charge in [0.1, 0.15) is 11.5 Å². The van der Waals surface area contributed by atoms with E-state index in [9.17, 15) is 4.79 Å². The maximum atomic E-state index is 12.8. The molecule has 1 aromatic heterocycles. The van der Waals surface area contributed by atoms with Gasteiger partial charge in [0, 0.05) is 34.2 Å². The Morgan fingerprint density at radius 2 is 1.58 bits per heavy atom. The van der Waals surface area contributed by atoms with Gasteiger partial charge in [0.15, 0.2) is 4.80 Å². The average molecular weight is 548 g/mol. The Morgan fingerprint density at radius 1 is 0.974 bits per heavy atom. The van der Waals surface area contributed by atoms with Gasteiger partial charge in [0.2, 0.25) is 5.91 Å². The molecule has 0 spiro atoms. The summed E-state index contributed by atoms with van der Waals surface area (Å²) in [6.45, 7) is 0. The smallest absolute Gasteiger partial charge is 0.224 e. The molecule has 4 bridgehead atoms. The van der Waals surface area contributed by atoms with Gasteiger partial charge in [-0.3, -0.25) is 9.79 Å². The van der Waals surface area contributed by atoms with Crippen LogP contribution >= 0.6 is 22.9 Å². The fraction of sp³-hybridized carbons (Fsp3) is 0.484. The molecule has 5 saturated carbocycles. The van der Waals surface area contributed by atoms with Crippen molar-refractivity contribution in [2.24, 2.45) is 22.7 Å². The Balaban J connectivity index is 0.998. The molecule has 0 aliphatic heterocycles. The van der Waals surface area contributed by atoms with Crippen molar-refractivity contribution in [3.8, 4) is 11.5 Å². The number of nitrogens with zero attached hydrogens (tertiary/aromatic N) is 2. The van der Waals surface area contributed by atoms with Crippen LogP contribution in [0.15, 0.2) is 58.9 Å². The molecule has 1 N–H and O–H groups in total. The second-order valence-corrected chi connectivity index (χ2v) is 13.3. The molecule has 0 unspecified atom stereocenters. The van der Waals surface area contributed by atoms with Crippen LogP contribution in [0, 0.1) is 17.8 Å². The van der Waals surface area contributed by atoms with E-state index in [-0.39, 0.29) is 11.4 Å². The standard InChI is InChI=1S/C31H34ClN3O2S/c32-23-1-8-27(9-2-23)37-28-10-3-24(4-11-28)33-29(36)12-7-26-19-38-30(35(26)25-5-6-25)34-31-16-20-13-21(17-31)15-22(14-20)18-31/h1-4,8-11,19-22,25H,5-7,12-18H2,(H,33,36). The lowest BCUT2D eigenvalue weighted by molar-refractivity contribution is -0.116. The Bertz CT molecular complexity index is 1350. The summed E-state index contributed by atoms with van der Waals surface area (Å²) >= 11 is 7.74. The molecule has 0 saturated heterocycles. The van der Waals surface area contributed by atoms with E-state index in [2.05, 4.69) is 15.3 Å². The first-order valence-electron chi connectivity index (χ1n) is 14.1. The van der Waals surface area contributed by atoms with Crippen molar-refractivity contribution >= 4 is 34.5 Å². The van der Waals surface area contributed by atoms with Gasteiger partial charge in [0.05, 0.1) is 5.54 Å². The highest BCUT2D eigenvalue weighted by atomic mass is 35.5. The third-order valence-electron chi connectivity index (χ3n) is 8.86. The van der Waals surface area contributed by atoms with Gasteiger partial charge < -0.3 is 14.6 Å². The van der Waals surface area contributed by atoms with Gasteiger partial charge in [-0.25, -0.2) is 0 Å². The molecular formula is C31H34ClN3O2S. The number of aryl methyl sites for hydroxylation is 1. The highest BCUT2D eigenvalue weighted by molar-refractivity contribution is 7.07. The molecule has 1 amide bonds. The number of carbonyl (C=O) groups excluding carboxylic acids is 1. The van der Waals surface area contributed by atoms with E-state index in [1.807, 2.05) is 36.4 Å². The lowest BCUT2D eigenvalue weighted by Gasteiger charge is -2.54. The minimum Gasteiger partial charge on any atom is -0.457 e. The zero-order chi connectivity index (χ0) is 25.7. The molecule has 5 fully saturated rings. The third-order valence-corrected chi connectivity index (χ3v) is 10.0. The second kappa shape index (κ2) is 9.87. The first-order chi connectivity index (χ1) is 18.5. The average Bonchev–Trinajstić information content (AvgIpc) is 3.65. The second-order valence-electron chi connectivity index (χ2n) is 12.0. The normalized spacial score (nSPS) is 28.0. The van der Waals surface area contributed by atoms with Crippen LogP contribution < -0.4 is 14.9 Å². The number of hydrogen-bond donors (Lipinski definition) is 1. The van der Waals surface area contributed by atoms with Gasteiger partial charge in [0.25, 0.3) is 0 Å². The predicted molar refractivity (Wildman–Crippen MR) is 152 cm³/mol. The van der Waals surface area contributed by atoms with Gasteiger partial charge in [-0.05, 0) is 124 Å². The van der Waals surface area contributed by atoms with Crippen molar-refractivity contribution in [2.45, 2.75) is 75.8 Å². The highest BCUT2D eigenvalue weighted by Gasteiger charge is 2.51. The highest BCUT2D eigenvalue weighted by Crippen LogP contribution is 2.57. The SMILES string of the molecule is O=C(CCc1csc(=NC23CC4CC(CC(C4)C2)C3)n1C1CC1)Nc1ccc(Oc2ccc(Cl)cc2)cc1. The number of nitrogens with one attached hydrogen (secondary N) is 1. The van der Waals surface area contributed by atoms with E-state index in [1.54, 1.807) is 23.5 Å². The maximum absolute atomic E-state index is 12.8. The van der Waals surface area contributed by atoms with Crippen molar-refractivity contribution in [3.63, 3.8) is 0 Å². The summed E-state index contributed by atoms with van der Waals surface area (Å²) in [5.41, 5.74) is 2.23. The van der Waals surface area contributed by atoms with Crippen LogP contribution in [0.3, 0.4) is 0 Å². The monoisotopic (exact) mass is 547 g/mol. The Labute approximate surface area is 232 Å². The third kappa shape index (κ3) is 5.17. The van der Waals surface area contributed by atoms with Crippen LogP contribution in [-0.2, 0) is 11.2 Å². The maximum Gasteiger partial charge on any atom is 0.224 e. The lowest BCUT2D eigenvalue weighted by atomic mass is 9.53. The number of thiazole rings is 1. The number of aromatic nitrogens is 1. The minimum atomic E-state index is 0.0319. The molecule has 7 heteroatoms. The van der Waals surface area contributed by atoms with Crippen LogP contribution in [0.2, 0.25) is 5.02 Å². The van der Waals surface area contributed by atoms with Crippen molar-refractivity contribution < 1.29 is 9.53 Å². The summed E-state index contributed by atoms with van der Waals surface area (Å²) in [5.74, 6) is 4.18. The molecule has 5 aliphatic carbocycles. The zero-order valence-corrected chi connectivity index (χ0v) is 23.1. The number of hydrogen-bond acceptors (Lipinski definition) is 4. The van der Waals surface area contributed by atoms with Crippen LogP contribution in [0.4, 0.5) is 5.69 Å². The van der Waals surface area contributed by atoms with Crippen molar-refractivity contribution in [3.05, 3.63) is 69.4 Å². The topological polar surface area (TPSA) is 55.6 Å². The lowest BCUT2D eigenvalue weighted by Crippen LogP contribution is -2.50. The van der Waals surface area contributed by atoms with E-state index in [4.69, 9.17) is 21.3 Å². The van der Waals surface area contributed by atoms with E-state index in [1.165, 1.54) is 61.9 Å². The Kier molecular flexibility index (Phi) is 6.36. The fourth-order valence-electron chi connectivity index (χ4n) is 7.46. The number of anilines is 1. The molecule has 5 nitrogen and oxygen atoms in total. The van der Waals surface area contributed by atoms with Crippen LogP contribution in [0.1, 0.15) is 69.5 Å². The summed E-state index contributed by atoms with van der Waals surface area (Å²) in [5, 5.41) is 5.98. The molecule has 2 aromatic carbocycles. The van der Waals surface area contributed by atoms with Crippen LogP contribution in [-0.4, -0.2) is 16.0 Å². The van der Waals surface area contributed by atoms with Gasteiger partial charge in [-0.2, -0.15) is 0 Å². The quantitative estimate of drug-likeness (QED) is 0.313. The molecular weight excluding hydrogens is 514 g/mol. The summed E-state index contributed by atoms with van der Waals surface area (Å²) < 4.78 is 8.33. The van der Waals surface area contributed by atoms with E-state index in [0.29, 0.717) is 23.2 Å². The molecule has 1 heterocycles. The number of halogens is 1. The molecule has 198 valence electrons. The molecule has 8 rings (SSSR count).